The Morgan fingerprint density at radius 1 is 1.36 bits per heavy atom. The van der Waals surface area contributed by atoms with Gasteiger partial charge in [0.1, 0.15) is 5.82 Å². The Bertz CT molecular complexity index is 681. The monoisotopic (exact) mass is 344 g/mol. The van der Waals surface area contributed by atoms with Crippen LogP contribution in [0.15, 0.2) is 5.16 Å². The molecule has 0 radical (unpaired) electrons. The summed E-state index contributed by atoms with van der Waals surface area (Å²) in [7, 11) is -1.29. The third-order valence-corrected chi connectivity index (χ3v) is 6.90. The summed E-state index contributed by atoms with van der Waals surface area (Å²) in [6.45, 7) is 1.92. The molecule has 2 heterocycles. The van der Waals surface area contributed by atoms with Crippen LogP contribution in [0.1, 0.15) is 31.1 Å². The zero-order valence-electron chi connectivity index (χ0n) is 12.7. The second kappa shape index (κ2) is 5.84. The lowest BCUT2D eigenvalue weighted by molar-refractivity contribution is -0.128. The maximum absolute atomic E-state index is 12.3. The van der Waals surface area contributed by atoms with Gasteiger partial charge in [-0.1, -0.05) is 11.8 Å². The van der Waals surface area contributed by atoms with Crippen molar-refractivity contribution in [3.63, 3.8) is 0 Å². The van der Waals surface area contributed by atoms with Gasteiger partial charge in [-0.05, 0) is 26.2 Å². The van der Waals surface area contributed by atoms with E-state index in [0.717, 1.165) is 23.8 Å². The van der Waals surface area contributed by atoms with Crippen LogP contribution in [-0.4, -0.2) is 64.3 Å². The van der Waals surface area contributed by atoms with E-state index in [9.17, 15) is 13.2 Å². The predicted octanol–water partition coefficient (Wildman–Crippen LogP) is 0.659. The van der Waals surface area contributed by atoms with Crippen LogP contribution in [0.5, 0.6) is 0 Å². The molecule has 122 valence electrons. The van der Waals surface area contributed by atoms with Crippen molar-refractivity contribution in [2.75, 3.05) is 24.3 Å². The number of aryl methyl sites for hydroxylation is 1. The van der Waals surface area contributed by atoms with Gasteiger partial charge in [-0.25, -0.2) is 8.42 Å². The number of aromatic nitrogens is 3. The molecule has 2 fully saturated rings. The molecule has 3 rings (SSSR count). The second-order valence-electron chi connectivity index (χ2n) is 5.98. The van der Waals surface area contributed by atoms with Gasteiger partial charge in [-0.15, -0.1) is 10.2 Å². The highest BCUT2D eigenvalue weighted by Crippen LogP contribution is 2.38. The molecular weight excluding hydrogens is 324 g/mol. The van der Waals surface area contributed by atoms with Crippen molar-refractivity contribution in [2.24, 2.45) is 0 Å². The maximum Gasteiger partial charge on any atom is 0.233 e. The fourth-order valence-electron chi connectivity index (χ4n) is 2.71. The van der Waals surface area contributed by atoms with Crippen LogP contribution >= 0.6 is 11.8 Å². The Balaban J connectivity index is 1.58. The van der Waals surface area contributed by atoms with Crippen molar-refractivity contribution in [2.45, 2.75) is 43.4 Å². The van der Waals surface area contributed by atoms with Crippen LogP contribution in [0.3, 0.4) is 0 Å². The van der Waals surface area contributed by atoms with Gasteiger partial charge in [0.05, 0.1) is 17.3 Å². The van der Waals surface area contributed by atoms with Crippen LogP contribution in [0.25, 0.3) is 0 Å². The molecule has 0 bridgehead atoms. The molecule has 22 heavy (non-hydrogen) atoms. The Hall–Kier alpha value is -1.09. The average molecular weight is 344 g/mol. The fraction of sp³-hybridized carbons (Fsp3) is 0.769. The quantitative estimate of drug-likeness (QED) is 0.730. The number of hydrogen-bond donors (Lipinski definition) is 0. The van der Waals surface area contributed by atoms with Crippen LogP contribution in [0.2, 0.25) is 0 Å². The summed E-state index contributed by atoms with van der Waals surface area (Å²) in [4.78, 5) is 13.8. The first-order valence-corrected chi connectivity index (χ1v) is 10.2. The molecule has 1 aromatic heterocycles. The Morgan fingerprint density at radius 3 is 2.68 bits per heavy atom. The third kappa shape index (κ3) is 3.29. The minimum atomic E-state index is -2.97. The molecule has 1 atom stereocenters. The molecular formula is C13H20N4O3S2. The fourth-order valence-corrected chi connectivity index (χ4v) is 5.46. The van der Waals surface area contributed by atoms with Gasteiger partial charge in [-0.3, -0.25) is 4.79 Å². The molecule has 0 N–H and O–H groups in total. The largest absolute Gasteiger partial charge is 0.341 e. The van der Waals surface area contributed by atoms with E-state index < -0.39 is 9.84 Å². The highest BCUT2D eigenvalue weighted by atomic mass is 32.2. The number of thioether (sulfide) groups is 1. The molecule has 7 nitrogen and oxygen atoms in total. The van der Waals surface area contributed by atoms with E-state index in [0.29, 0.717) is 12.5 Å². The first kappa shape index (κ1) is 15.8. The van der Waals surface area contributed by atoms with Crippen molar-refractivity contribution >= 4 is 27.5 Å². The van der Waals surface area contributed by atoms with Gasteiger partial charge < -0.3 is 9.47 Å². The number of carbonyl (C=O) groups excluding carboxylic acids is 1. The Morgan fingerprint density at radius 2 is 2.09 bits per heavy atom. The van der Waals surface area contributed by atoms with Gasteiger partial charge in [0.25, 0.3) is 0 Å². The SMILES string of the molecule is Cc1nnc(SCC(=O)N(C)[C@H]2CCS(=O)(=O)C2)n1C1CC1. The van der Waals surface area contributed by atoms with E-state index >= 15 is 0 Å². The third-order valence-electron chi connectivity index (χ3n) is 4.22. The summed E-state index contributed by atoms with van der Waals surface area (Å²) >= 11 is 1.38. The van der Waals surface area contributed by atoms with E-state index in [1.807, 2.05) is 6.92 Å². The zero-order valence-corrected chi connectivity index (χ0v) is 14.4. The van der Waals surface area contributed by atoms with Gasteiger partial charge in [0, 0.05) is 19.1 Å². The first-order chi connectivity index (χ1) is 10.4. The summed E-state index contributed by atoms with van der Waals surface area (Å²) in [5.74, 6) is 1.34. The molecule has 1 amide bonds. The highest BCUT2D eigenvalue weighted by molar-refractivity contribution is 7.99. The standard InChI is InChI=1S/C13H20N4O3S2/c1-9-14-15-13(17(9)10-3-4-10)21-7-12(18)16(2)11-5-6-22(19,20)8-11/h10-11H,3-8H2,1-2H3/t11-/m0/s1. The summed E-state index contributed by atoms with van der Waals surface area (Å²) in [6, 6.07) is 0.284. The van der Waals surface area contributed by atoms with Crippen molar-refractivity contribution in [3.05, 3.63) is 5.82 Å². The molecule has 0 unspecified atom stereocenters. The molecule has 1 saturated carbocycles. The van der Waals surface area contributed by atoms with Crippen molar-refractivity contribution < 1.29 is 13.2 Å². The molecule has 0 aromatic carbocycles. The van der Waals surface area contributed by atoms with Gasteiger partial charge in [0.15, 0.2) is 15.0 Å². The molecule has 1 aliphatic heterocycles. The maximum atomic E-state index is 12.3. The van der Waals surface area contributed by atoms with E-state index in [1.54, 1.807) is 11.9 Å². The van der Waals surface area contributed by atoms with E-state index in [-0.39, 0.29) is 29.2 Å². The Kier molecular flexibility index (Phi) is 4.19. The normalized spacial score (nSPS) is 23.6. The topological polar surface area (TPSA) is 85.2 Å². The highest BCUT2D eigenvalue weighted by Gasteiger charge is 2.33. The van der Waals surface area contributed by atoms with Gasteiger partial charge in [-0.2, -0.15) is 0 Å². The first-order valence-electron chi connectivity index (χ1n) is 7.38. The van der Waals surface area contributed by atoms with Crippen LogP contribution in [0, 0.1) is 6.92 Å². The van der Waals surface area contributed by atoms with E-state index in [2.05, 4.69) is 14.8 Å². The van der Waals surface area contributed by atoms with Crippen LogP contribution < -0.4 is 0 Å². The summed E-state index contributed by atoms with van der Waals surface area (Å²) in [5.41, 5.74) is 0. The van der Waals surface area contributed by atoms with Crippen molar-refractivity contribution in [3.8, 4) is 0 Å². The minimum Gasteiger partial charge on any atom is -0.341 e. The lowest BCUT2D eigenvalue weighted by Crippen LogP contribution is -2.38. The summed E-state index contributed by atoms with van der Waals surface area (Å²) in [6.07, 6.45) is 2.81. The van der Waals surface area contributed by atoms with E-state index in [1.165, 1.54) is 11.8 Å². The molecule has 9 heteroatoms. The number of nitrogens with zero attached hydrogens (tertiary/aromatic N) is 4. The summed E-state index contributed by atoms with van der Waals surface area (Å²) < 4.78 is 25.1. The smallest absolute Gasteiger partial charge is 0.233 e. The second-order valence-corrected chi connectivity index (χ2v) is 9.15. The van der Waals surface area contributed by atoms with Crippen LogP contribution in [-0.2, 0) is 14.6 Å². The van der Waals surface area contributed by atoms with E-state index in [4.69, 9.17) is 0 Å². The molecule has 1 aliphatic carbocycles. The van der Waals surface area contributed by atoms with Gasteiger partial charge >= 0.3 is 0 Å². The molecule has 0 spiro atoms. The lowest BCUT2D eigenvalue weighted by Gasteiger charge is -2.23. The van der Waals surface area contributed by atoms with Crippen LogP contribution in [0.4, 0.5) is 0 Å². The number of rotatable bonds is 5. The molecule has 1 saturated heterocycles. The lowest BCUT2D eigenvalue weighted by atomic mass is 10.2. The van der Waals surface area contributed by atoms with Crippen molar-refractivity contribution in [1.82, 2.24) is 19.7 Å². The zero-order chi connectivity index (χ0) is 15.9. The average Bonchev–Trinajstić information content (AvgIpc) is 3.14. The number of hydrogen-bond acceptors (Lipinski definition) is 6. The molecule has 2 aliphatic rings. The number of amides is 1. The summed E-state index contributed by atoms with van der Waals surface area (Å²) in [5, 5.41) is 9.00. The number of sulfone groups is 1. The Labute approximate surface area is 134 Å². The predicted molar refractivity (Wildman–Crippen MR) is 83.6 cm³/mol. The molecule has 1 aromatic rings. The van der Waals surface area contributed by atoms with Crippen molar-refractivity contribution in [1.29, 1.82) is 0 Å². The van der Waals surface area contributed by atoms with Gasteiger partial charge in [0.2, 0.25) is 5.91 Å². The minimum absolute atomic E-state index is 0.0601. The number of carbonyl (C=O) groups is 1.